The molecule has 5 heteroatoms. The quantitative estimate of drug-likeness (QED) is 0.0346. The second kappa shape index (κ2) is 55.6. The largest absolute Gasteiger partial charge is 0.462 e. The first-order valence-corrected chi connectivity index (χ1v) is 27.1. The van der Waals surface area contributed by atoms with E-state index in [2.05, 4.69) is 142 Å². The van der Waals surface area contributed by atoms with Crippen molar-refractivity contribution in [1.29, 1.82) is 0 Å². The third kappa shape index (κ3) is 52.9. The molecule has 0 aromatic rings. The fourth-order valence-corrected chi connectivity index (χ4v) is 6.99. The highest BCUT2D eigenvalue weighted by Crippen LogP contribution is 2.12. The van der Waals surface area contributed by atoms with Crippen molar-refractivity contribution in [2.75, 3.05) is 19.8 Å². The van der Waals surface area contributed by atoms with Crippen molar-refractivity contribution in [3.8, 4) is 0 Å². The number of allylic oxidation sites excluding steroid dienone is 20. The summed E-state index contributed by atoms with van der Waals surface area (Å²) < 4.78 is 17.4. The Morgan fingerprint density at radius 2 is 0.682 bits per heavy atom. The van der Waals surface area contributed by atoms with Gasteiger partial charge in [-0.25, -0.2) is 0 Å². The first kappa shape index (κ1) is 62.3. The van der Waals surface area contributed by atoms with Crippen LogP contribution in [0.4, 0.5) is 0 Å². The molecule has 0 aromatic carbocycles. The van der Waals surface area contributed by atoms with Crippen molar-refractivity contribution in [2.24, 2.45) is 0 Å². The minimum atomic E-state index is -0.579. The summed E-state index contributed by atoms with van der Waals surface area (Å²) in [6.45, 7) is 7.48. The van der Waals surface area contributed by atoms with Crippen LogP contribution >= 0.6 is 0 Å². The smallest absolute Gasteiger partial charge is 0.306 e. The van der Waals surface area contributed by atoms with Gasteiger partial charge in [-0.05, 0) is 128 Å². The molecule has 0 fully saturated rings. The summed E-state index contributed by atoms with van der Waals surface area (Å²) in [7, 11) is 0. The molecule has 0 aromatic heterocycles. The normalized spacial score (nSPS) is 13.2. The average Bonchev–Trinajstić information content (AvgIpc) is 3.32. The highest BCUT2D eigenvalue weighted by Gasteiger charge is 2.17. The van der Waals surface area contributed by atoms with Crippen LogP contribution in [-0.2, 0) is 23.8 Å². The molecule has 0 aliphatic carbocycles. The fourth-order valence-electron chi connectivity index (χ4n) is 6.99. The number of carbonyl (C=O) groups excluding carboxylic acids is 2. The van der Waals surface area contributed by atoms with Crippen LogP contribution in [0.5, 0.6) is 0 Å². The second-order valence-electron chi connectivity index (χ2n) is 17.4. The molecule has 0 amide bonds. The van der Waals surface area contributed by atoms with Gasteiger partial charge in [-0.15, -0.1) is 0 Å². The van der Waals surface area contributed by atoms with Crippen LogP contribution in [0.2, 0.25) is 0 Å². The zero-order valence-corrected chi connectivity index (χ0v) is 42.9. The molecule has 0 aliphatic heterocycles. The van der Waals surface area contributed by atoms with Gasteiger partial charge in [-0.1, -0.05) is 206 Å². The highest BCUT2D eigenvalue weighted by molar-refractivity contribution is 5.70. The van der Waals surface area contributed by atoms with Gasteiger partial charge in [0.15, 0.2) is 6.10 Å². The van der Waals surface area contributed by atoms with Gasteiger partial charge in [0.1, 0.15) is 6.61 Å². The lowest BCUT2D eigenvalue weighted by atomic mass is 10.1. The summed E-state index contributed by atoms with van der Waals surface area (Å²) in [4.78, 5) is 25.4. The predicted octanol–water partition coefficient (Wildman–Crippen LogP) is 18.6. The zero-order chi connectivity index (χ0) is 47.7. The summed E-state index contributed by atoms with van der Waals surface area (Å²) in [6.07, 6.45) is 77.9. The average molecular weight is 913 g/mol. The molecule has 5 nitrogen and oxygen atoms in total. The molecule has 0 saturated carbocycles. The second-order valence-corrected chi connectivity index (χ2v) is 17.4. The van der Waals surface area contributed by atoms with Crippen LogP contribution in [0.15, 0.2) is 122 Å². The molecular weight excluding hydrogens is 813 g/mol. The summed E-state index contributed by atoms with van der Waals surface area (Å²) in [5.41, 5.74) is 0. The van der Waals surface area contributed by atoms with Gasteiger partial charge < -0.3 is 14.2 Å². The van der Waals surface area contributed by atoms with Crippen molar-refractivity contribution >= 4 is 11.9 Å². The van der Waals surface area contributed by atoms with Crippen LogP contribution in [0.25, 0.3) is 0 Å². The summed E-state index contributed by atoms with van der Waals surface area (Å²) in [6, 6.07) is 0. The predicted molar refractivity (Wildman–Crippen MR) is 288 cm³/mol. The molecule has 0 saturated heterocycles. The molecule has 66 heavy (non-hydrogen) atoms. The number of esters is 2. The van der Waals surface area contributed by atoms with Crippen molar-refractivity contribution in [1.82, 2.24) is 0 Å². The van der Waals surface area contributed by atoms with Gasteiger partial charge in [0.25, 0.3) is 0 Å². The van der Waals surface area contributed by atoms with Gasteiger partial charge in [-0.2, -0.15) is 0 Å². The maximum atomic E-state index is 12.8. The molecule has 0 heterocycles. The van der Waals surface area contributed by atoms with E-state index in [1.165, 1.54) is 64.2 Å². The minimum absolute atomic E-state index is 0.0427. The third-order valence-electron chi connectivity index (χ3n) is 11.0. The van der Waals surface area contributed by atoms with Gasteiger partial charge in [0.05, 0.1) is 6.61 Å². The third-order valence-corrected chi connectivity index (χ3v) is 11.0. The Labute approximate surface area is 407 Å². The Morgan fingerprint density at radius 1 is 0.348 bits per heavy atom. The summed E-state index contributed by atoms with van der Waals surface area (Å²) >= 11 is 0. The van der Waals surface area contributed by atoms with E-state index >= 15 is 0 Å². The lowest BCUT2D eigenvalue weighted by Gasteiger charge is -2.18. The lowest BCUT2D eigenvalue weighted by Crippen LogP contribution is -2.30. The van der Waals surface area contributed by atoms with Crippen molar-refractivity contribution in [2.45, 2.75) is 232 Å². The number of unbranched alkanes of at least 4 members (excludes halogenated alkanes) is 17. The first-order chi connectivity index (χ1) is 32.6. The monoisotopic (exact) mass is 913 g/mol. The Balaban J connectivity index is 4.42. The number of rotatable bonds is 48. The van der Waals surface area contributed by atoms with Crippen LogP contribution in [0.1, 0.15) is 226 Å². The molecule has 374 valence electrons. The summed E-state index contributed by atoms with van der Waals surface area (Å²) in [5.74, 6) is -0.476. The molecule has 1 atom stereocenters. The van der Waals surface area contributed by atoms with Crippen molar-refractivity contribution < 1.29 is 23.8 Å². The van der Waals surface area contributed by atoms with Gasteiger partial charge in [0, 0.05) is 19.4 Å². The number of ether oxygens (including phenoxy) is 3. The van der Waals surface area contributed by atoms with Crippen LogP contribution in [-0.4, -0.2) is 37.9 Å². The van der Waals surface area contributed by atoms with E-state index in [0.29, 0.717) is 19.4 Å². The molecule has 0 N–H and O–H groups in total. The molecule has 0 spiro atoms. The topological polar surface area (TPSA) is 61.8 Å². The van der Waals surface area contributed by atoms with Gasteiger partial charge >= 0.3 is 11.9 Å². The van der Waals surface area contributed by atoms with E-state index in [9.17, 15) is 9.59 Å². The van der Waals surface area contributed by atoms with Gasteiger partial charge in [-0.3, -0.25) is 9.59 Å². The van der Waals surface area contributed by atoms with E-state index in [0.717, 1.165) is 128 Å². The Bertz CT molecular complexity index is 1350. The van der Waals surface area contributed by atoms with Crippen LogP contribution in [0, 0.1) is 0 Å². The zero-order valence-electron chi connectivity index (χ0n) is 42.9. The maximum Gasteiger partial charge on any atom is 0.306 e. The Kier molecular flexibility index (Phi) is 52.5. The first-order valence-electron chi connectivity index (χ1n) is 27.1. The Morgan fingerprint density at radius 3 is 1.14 bits per heavy atom. The number of hydrogen-bond acceptors (Lipinski definition) is 5. The van der Waals surface area contributed by atoms with Crippen molar-refractivity contribution in [3.63, 3.8) is 0 Å². The number of hydrogen-bond donors (Lipinski definition) is 0. The highest BCUT2D eigenvalue weighted by atomic mass is 16.6. The van der Waals surface area contributed by atoms with E-state index < -0.39 is 6.10 Å². The standard InChI is InChI=1S/C61H100O5/c1-4-7-10-13-16-19-22-25-28-29-30-31-32-35-38-41-44-47-50-53-56-64-57-59(66-61(63)55-52-49-46-43-40-37-34-27-24-21-18-15-12-9-6-3)58-65-60(62)54-51-48-45-42-39-36-33-26-23-20-17-14-11-8-5-2/h7-8,10-11,16-17,19-20,25-28,30-31,33-35,38-39,42,59H,4-6,9,12-15,18,21-24,29,32,36-37,40-41,43-58H2,1-3H3/b10-7-,11-8-,19-16-,20-17-,28-25-,31-30-,33-26-,34-27-,38-35-,42-39-. The molecular formula is C61H100O5. The molecule has 0 aliphatic rings. The van der Waals surface area contributed by atoms with Crippen LogP contribution < -0.4 is 0 Å². The van der Waals surface area contributed by atoms with E-state index in [-0.39, 0.29) is 25.2 Å². The maximum absolute atomic E-state index is 12.8. The van der Waals surface area contributed by atoms with E-state index in [1.54, 1.807) is 0 Å². The van der Waals surface area contributed by atoms with E-state index in [4.69, 9.17) is 14.2 Å². The van der Waals surface area contributed by atoms with Crippen LogP contribution in [0.3, 0.4) is 0 Å². The SMILES string of the molecule is CC/C=C\C/C=C\C/C=C\C/C=C\C/C=C\CCCCCCOCC(COC(=O)CCCC/C=C\C/C=C\C/C=C\C/C=C\CC)OC(=O)CCCCCCC/C=C\CCCCCCCC. The number of carbonyl (C=O) groups is 2. The summed E-state index contributed by atoms with van der Waals surface area (Å²) in [5, 5.41) is 0. The fraction of sp³-hybridized carbons (Fsp3) is 0.639. The lowest BCUT2D eigenvalue weighted by molar-refractivity contribution is -0.163. The molecule has 1 unspecified atom stereocenters. The minimum Gasteiger partial charge on any atom is -0.462 e. The molecule has 0 bridgehead atoms. The van der Waals surface area contributed by atoms with Crippen molar-refractivity contribution in [3.05, 3.63) is 122 Å². The Hall–Kier alpha value is -3.70. The molecule has 0 radical (unpaired) electrons. The van der Waals surface area contributed by atoms with E-state index in [1.807, 2.05) is 0 Å². The molecule has 0 rings (SSSR count). The van der Waals surface area contributed by atoms with Gasteiger partial charge in [0.2, 0.25) is 0 Å².